The number of carbonyl (C=O) groups is 1. The van der Waals surface area contributed by atoms with Crippen molar-refractivity contribution in [1.29, 1.82) is 0 Å². The van der Waals surface area contributed by atoms with E-state index in [1.54, 1.807) is 18.2 Å². The number of aromatic nitrogens is 2. The van der Waals surface area contributed by atoms with Gasteiger partial charge in [0.05, 0.1) is 23.3 Å². The first kappa shape index (κ1) is 16.0. The molecule has 1 aliphatic rings. The third-order valence-corrected chi connectivity index (χ3v) is 6.16. The summed E-state index contributed by atoms with van der Waals surface area (Å²) in [7, 11) is -2.30. The molecular weight excluding hydrogens is 360 g/mol. The van der Waals surface area contributed by atoms with Crippen molar-refractivity contribution in [1.82, 2.24) is 9.97 Å². The molecule has 120 valence electrons. The molecule has 0 fully saturated rings. The summed E-state index contributed by atoms with van der Waals surface area (Å²) in [5.41, 5.74) is 6.46. The van der Waals surface area contributed by atoms with Gasteiger partial charge in [-0.2, -0.15) is 0 Å². The van der Waals surface area contributed by atoms with E-state index in [9.17, 15) is 13.2 Å². The highest BCUT2D eigenvalue weighted by atomic mass is 35.5. The summed E-state index contributed by atoms with van der Waals surface area (Å²) in [4.78, 5) is 19.2. The van der Waals surface area contributed by atoms with E-state index in [1.807, 2.05) is 0 Å². The molecule has 1 aromatic carbocycles. The van der Waals surface area contributed by atoms with Gasteiger partial charge in [-0.05, 0) is 18.2 Å². The molecule has 0 aliphatic carbocycles. The molecule has 2 aromatic rings. The quantitative estimate of drug-likeness (QED) is 0.648. The van der Waals surface area contributed by atoms with E-state index in [0.717, 1.165) is 16.1 Å². The predicted molar refractivity (Wildman–Crippen MR) is 88.0 cm³/mol. The Morgan fingerprint density at radius 3 is 2.87 bits per heavy atom. The second kappa shape index (κ2) is 5.66. The largest absolute Gasteiger partial charge is 0.369 e. The molecule has 2 N–H and O–H groups in total. The Balaban J connectivity index is 2.19. The van der Waals surface area contributed by atoms with Crippen LogP contribution in [0.15, 0.2) is 34.4 Å². The second-order valence-electron chi connectivity index (χ2n) is 4.75. The first-order chi connectivity index (χ1) is 10.8. The second-order valence-corrected chi connectivity index (χ2v) is 8.07. The molecule has 0 bridgehead atoms. The summed E-state index contributed by atoms with van der Waals surface area (Å²) in [6.45, 7) is 0. The van der Waals surface area contributed by atoms with Crippen LogP contribution in [-0.4, -0.2) is 37.1 Å². The average Bonchev–Trinajstić information content (AvgIpc) is 2.50. The Morgan fingerprint density at radius 1 is 1.43 bits per heavy atom. The molecule has 0 spiro atoms. The number of thioether (sulfide) groups is 1. The van der Waals surface area contributed by atoms with Gasteiger partial charge in [0.2, 0.25) is 5.91 Å². The SMILES string of the molecule is CN1c2cc(Cl)ccc2-c2nc(SCC(N)=O)ncc2S1(=O)=O. The number of sulfonamides is 1. The molecule has 0 saturated carbocycles. The number of fused-ring (bicyclic) bond motifs is 3. The van der Waals surface area contributed by atoms with Crippen LogP contribution in [0.5, 0.6) is 0 Å². The summed E-state index contributed by atoms with van der Waals surface area (Å²) in [5.74, 6) is -0.491. The van der Waals surface area contributed by atoms with Gasteiger partial charge in [-0.3, -0.25) is 9.10 Å². The van der Waals surface area contributed by atoms with E-state index in [1.165, 1.54) is 13.2 Å². The number of anilines is 1. The van der Waals surface area contributed by atoms with Crippen LogP contribution in [0, 0.1) is 0 Å². The first-order valence-electron chi connectivity index (χ1n) is 6.37. The normalized spacial score (nSPS) is 15.0. The molecule has 1 amide bonds. The molecule has 0 radical (unpaired) electrons. The van der Waals surface area contributed by atoms with Crippen molar-refractivity contribution in [3.05, 3.63) is 29.4 Å². The lowest BCUT2D eigenvalue weighted by Crippen LogP contribution is -2.31. The standard InChI is InChI=1S/C13H11ClN4O3S2/c1-18-9-4-7(14)2-3-8(9)12-10(23(18,20)21)5-16-13(17-12)22-6-11(15)19/h2-5H,6H2,1H3,(H2,15,19). The van der Waals surface area contributed by atoms with Crippen molar-refractivity contribution in [2.45, 2.75) is 10.1 Å². The Labute approximate surface area is 141 Å². The smallest absolute Gasteiger partial charge is 0.267 e. The minimum absolute atomic E-state index is 0.0123. The van der Waals surface area contributed by atoms with Gasteiger partial charge in [0.15, 0.2) is 5.16 Å². The molecule has 3 rings (SSSR count). The Morgan fingerprint density at radius 2 is 2.17 bits per heavy atom. The van der Waals surface area contributed by atoms with E-state index < -0.39 is 15.9 Å². The van der Waals surface area contributed by atoms with Gasteiger partial charge in [0, 0.05) is 17.6 Å². The van der Waals surface area contributed by atoms with Crippen LogP contribution in [0.25, 0.3) is 11.3 Å². The lowest BCUT2D eigenvalue weighted by atomic mass is 10.1. The van der Waals surface area contributed by atoms with E-state index in [2.05, 4.69) is 9.97 Å². The molecule has 23 heavy (non-hydrogen) atoms. The monoisotopic (exact) mass is 370 g/mol. The molecule has 7 nitrogen and oxygen atoms in total. The molecule has 0 atom stereocenters. The maximum Gasteiger partial charge on any atom is 0.267 e. The summed E-state index contributed by atoms with van der Waals surface area (Å²) < 4.78 is 26.3. The molecule has 2 heterocycles. The van der Waals surface area contributed by atoms with Gasteiger partial charge in [-0.25, -0.2) is 18.4 Å². The molecular formula is C13H11ClN4O3S2. The Bertz CT molecular complexity index is 917. The number of hydrogen-bond donors (Lipinski definition) is 1. The van der Waals surface area contributed by atoms with E-state index in [4.69, 9.17) is 17.3 Å². The van der Waals surface area contributed by atoms with E-state index in [0.29, 0.717) is 16.3 Å². The van der Waals surface area contributed by atoms with Gasteiger partial charge in [-0.1, -0.05) is 23.4 Å². The number of nitrogens with zero attached hydrogens (tertiary/aromatic N) is 3. The van der Waals surface area contributed by atoms with Crippen molar-refractivity contribution in [3.8, 4) is 11.3 Å². The van der Waals surface area contributed by atoms with Crippen LogP contribution in [0.1, 0.15) is 0 Å². The zero-order valence-electron chi connectivity index (χ0n) is 11.9. The van der Waals surface area contributed by atoms with E-state index >= 15 is 0 Å². The van der Waals surface area contributed by atoms with Crippen LogP contribution in [-0.2, 0) is 14.8 Å². The van der Waals surface area contributed by atoms with Crippen molar-refractivity contribution >= 4 is 45.0 Å². The maximum atomic E-state index is 12.6. The maximum absolute atomic E-state index is 12.6. The number of amides is 1. The highest BCUT2D eigenvalue weighted by Crippen LogP contribution is 2.42. The summed E-state index contributed by atoms with van der Waals surface area (Å²) >= 11 is 7.02. The van der Waals surface area contributed by atoms with Crippen LogP contribution >= 0.6 is 23.4 Å². The van der Waals surface area contributed by atoms with Gasteiger partial charge >= 0.3 is 0 Å². The Hall–Kier alpha value is -1.84. The predicted octanol–water partition coefficient (Wildman–Crippen LogP) is 1.51. The van der Waals surface area contributed by atoms with Gasteiger partial charge < -0.3 is 5.73 Å². The molecule has 10 heteroatoms. The molecule has 1 aromatic heterocycles. The van der Waals surface area contributed by atoms with Crippen molar-refractivity contribution < 1.29 is 13.2 Å². The zero-order valence-corrected chi connectivity index (χ0v) is 14.2. The fourth-order valence-corrected chi connectivity index (χ4v) is 4.20. The van der Waals surface area contributed by atoms with Crippen molar-refractivity contribution in [2.24, 2.45) is 5.73 Å². The minimum atomic E-state index is -3.75. The summed E-state index contributed by atoms with van der Waals surface area (Å²) in [5, 5.41) is 0.704. The van der Waals surface area contributed by atoms with Crippen molar-refractivity contribution in [3.63, 3.8) is 0 Å². The third kappa shape index (κ3) is 2.75. The number of benzene rings is 1. The van der Waals surface area contributed by atoms with Crippen LogP contribution in [0.2, 0.25) is 5.02 Å². The highest BCUT2D eigenvalue weighted by molar-refractivity contribution is 7.99. The third-order valence-electron chi connectivity index (χ3n) is 3.27. The number of rotatable bonds is 3. The molecule has 1 aliphatic heterocycles. The lowest BCUT2D eigenvalue weighted by molar-refractivity contribution is -0.115. The van der Waals surface area contributed by atoms with Crippen LogP contribution < -0.4 is 10.0 Å². The fourth-order valence-electron chi connectivity index (χ4n) is 2.18. The van der Waals surface area contributed by atoms with Gasteiger partial charge in [-0.15, -0.1) is 0 Å². The summed E-state index contributed by atoms with van der Waals surface area (Å²) in [6, 6.07) is 4.93. The van der Waals surface area contributed by atoms with Crippen molar-refractivity contribution in [2.75, 3.05) is 17.1 Å². The number of halogens is 1. The van der Waals surface area contributed by atoms with Gasteiger partial charge in [0.1, 0.15) is 4.90 Å². The minimum Gasteiger partial charge on any atom is -0.369 e. The molecule has 0 unspecified atom stereocenters. The van der Waals surface area contributed by atoms with Crippen LogP contribution in [0.3, 0.4) is 0 Å². The average molecular weight is 371 g/mol. The zero-order chi connectivity index (χ0) is 16.8. The molecule has 0 saturated heterocycles. The fraction of sp³-hybridized carbons (Fsp3) is 0.154. The lowest BCUT2D eigenvalue weighted by Gasteiger charge is -2.28. The van der Waals surface area contributed by atoms with Gasteiger partial charge in [0.25, 0.3) is 10.0 Å². The van der Waals surface area contributed by atoms with E-state index in [-0.39, 0.29) is 21.5 Å². The number of nitrogens with two attached hydrogens (primary N) is 1. The number of primary amides is 1. The first-order valence-corrected chi connectivity index (χ1v) is 9.18. The highest BCUT2D eigenvalue weighted by Gasteiger charge is 2.34. The Kier molecular flexibility index (Phi) is 3.95. The summed E-state index contributed by atoms with van der Waals surface area (Å²) in [6.07, 6.45) is 1.25. The number of carbonyl (C=O) groups excluding carboxylic acids is 1. The van der Waals surface area contributed by atoms with Crippen LogP contribution in [0.4, 0.5) is 5.69 Å². The number of hydrogen-bond acceptors (Lipinski definition) is 6. The topological polar surface area (TPSA) is 106 Å².